The fraction of sp³-hybridized carbons (Fsp3) is 0.167. The number of halogens is 4. The molecule has 0 atom stereocenters. The Hall–Kier alpha value is -0.310. The zero-order valence-corrected chi connectivity index (χ0v) is 14.3. The monoisotopic (exact) mass is 456 g/mol. The molecule has 1 aromatic carbocycles. The molecule has 100 valence electrons. The molecular formula is C12H8BrClFIN2O. The van der Waals surface area contributed by atoms with Crippen LogP contribution >= 0.6 is 50.1 Å². The smallest absolute Gasteiger partial charge is 0.161 e. The second kappa shape index (κ2) is 6.43. The first kappa shape index (κ1) is 15.1. The minimum atomic E-state index is -0.336. The van der Waals surface area contributed by atoms with Crippen LogP contribution < -0.4 is 0 Å². The predicted octanol–water partition coefficient (Wildman–Crippen LogP) is 4.45. The molecule has 19 heavy (non-hydrogen) atoms. The van der Waals surface area contributed by atoms with Crippen LogP contribution in [0.15, 0.2) is 22.7 Å². The minimum absolute atomic E-state index is 0.336. The van der Waals surface area contributed by atoms with Crippen LogP contribution in [0.25, 0.3) is 11.4 Å². The van der Waals surface area contributed by atoms with Crippen molar-refractivity contribution in [1.29, 1.82) is 0 Å². The molecule has 0 N–H and O–H groups in total. The Balaban J connectivity index is 2.52. The Kier molecular flexibility index (Phi) is 5.10. The Morgan fingerprint density at radius 2 is 2.16 bits per heavy atom. The molecule has 3 nitrogen and oxygen atoms in total. The lowest BCUT2D eigenvalue weighted by Crippen LogP contribution is -2.02. The third-order valence-electron chi connectivity index (χ3n) is 2.34. The van der Waals surface area contributed by atoms with Crippen LogP contribution in [0, 0.1) is 9.39 Å². The van der Waals surface area contributed by atoms with E-state index in [1.807, 2.05) is 0 Å². The molecule has 0 saturated carbocycles. The van der Waals surface area contributed by atoms with E-state index in [9.17, 15) is 4.39 Å². The van der Waals surface area contributed by atoms with E-state index < -0.39 is 0 Å². The quantitative estimate of drug-likeness (QED) is 0.505. The normalized spacial score (nSPS) is 10.8. The highest BCUT2D eigenvalue weighted by Gasteiger charge is 2.13. The van der Waals surface area contributed by atoms with Gasteiger partial charge in [-0.05, 0) is 56.7 Å². The molecule has 0 unspecified atom stereocenters. The van der Waals surface area contributed by atoms with Gasteiger partial charge in [0.2, 0.25) is 0 Å². The first-order valence-electron chi connectivity index (χ1n) is 5.19. The number of benzene rings is 1. The Morgan fingerprint density at radius 3 is 2.79 bits per heavy atom. The average Bonchev–Trinajstić information content (AvgIpc) is 2.38. The van der Waals surface area contributed by atoms with Crippen molar-refractivity contribution in [2.45, 2.75) is 6.61 Å². The lowest BCUT2D eigenvalue weighted by Gasteiger charge is -2.08. The van der Waals surface area contributed by atoms with Crippen molar-refractivity contribution in [3.8, 4) is 11.4 Å². The number of methoxy groups -OCH3 is 1. The van der Waals surface area contributed by atoms with E-state index in [-0.39, 0.29) is 5.82 Å². The van der Waals surface area contributed by atoms with E-state index >= 15 is 0 Å². The van der Waals surface area contributed by atoms with Gasteiger partial charge in [0.25, 0.3) is 0 Å². The van der Waals surface area contributed by atoms with Crippen LogP contribution in [0.1, 0.15) is 5.69 Å². The molecular weight excluding hydrogens is 449 g/mol. The van der Waals surface area contributed by atoms with Gasteiger partial charge in [-0.2, -0.15) is 0 Å². The zero-order chi connectivity index (χ0) is 14.0. The van der Waals surface area contributed by atoms with E-state index in [0.717, 1.165) is 3.57 Å². The van der Waals surface area contributed by atoms with Crippen molar-refractivity contribution in [2.75, 3.05) is 7.11 Å². The van der Waals surface area contributed by atoms with E-state index in [1.165, 1.54) is 6.07 Å². The van der Waals surface area contributed by atoms with Crippen molar-refractivity contribution in [3.05, 3.63) is 42.9 Å². The molecule has 0 fully saturated rings. The molecule has 0 amide bonds. The molecule has 0 radical (unpaired) electrons. The SMILES string of the molecule is COCc1nc(-c2ccc(F)c(Br)c2)nc(Cl)c1I. The summed E-state index contributed by atoms with van der Waals surface area (Å²) in [4.78, 5) is 8.60. The fourth-order valence-electron chi connectivity index (χ4n) is 1.46. The molecule has 2 rings (SSSR count). The third-order valence-corrected chi connectivity index (χ3v) is 4.67. The molecule has 1 heterocycles. The summed E-state index contributed by atoms with van der Waals surface area (Å²) >= 11 is 11.3. The van der Waals surface area contributed by atoms with Gasteiger partial charge in [-0.15, -0.1) is 0 Å². The largest absolute Gasteiger partial charge is 0.378 e. The molecule has 0 spiro atoms. The van der Waals surface area contributed by atoms with Crippen molar-refractivity contribution in [2.24, 2.45) is 0 Å². The van der Waals surface area contributed by atoms with Crippen LogP contribution in [0.2, 0.25) is 5.15 Å². The highest BCUT2D eigenvalue weighted by atomic mass is 127. The summed E-state index contributed by atoms with van der Waals surface area (Å²) in [5.74, 6) is 0.107. The molecule has 7 heteroatoms. The lowest BCUT2D eigenvalue weighted by molar-refractivity contribution is 0.181. The number of nitrogens with zero attached hydrogens (tertiary/aromatic N) is 2. The van der Waals surface area contributed by atoms with Gasteiger partial charge >= 0.3 is 0 Å². The Morgan fingerprint density at radius 1 is 1.42 bits per heavy atom. The summed E-state index contributed by atoms with van der Waals surface area (Å²) in [7, 11) is 1.58. The number of ether oxygens (including phenoxy) is 1. The van der Waals surface area contributed by atoms with Crippen LogP contribution in [-0.4, -0.2) is 17.1 Å². The molecule has 0 bridgehead atoms. The van der Waals surface area contributed by atoms with E-state index in [1.54, 1.807) is 19.2 Å². The zero-order valence-electron chi connectivity index (χ0n) is 9.75. The molecule has 0 aliphatic rings. The summed E-state index contributed by atoms with van der Waals surface area (Å²) in [5.41, 5.74) is 1.39. The van der Waals surface area contributed by atoms with Crippen LogP contribution in [0.4, 0.5) is 4.39 Å². The lowest BCUT2D eigenvalue weighted by atomic mass is 10.2. The fourth-order valence-corrected chi connectivity index (χ4v) is 2.42. The molecule has 0 saturated heterocycles. The minimum Gasteiger partial charge on any atom is -0.378 e. The molecule has 0 aliphatic heterocycles. The van der Waals surface area contributed by atoms with Gasteiger partial charge in [-0.25, -0.2) is 14.4 Å². The maximum Gasteiger partial charge on any atom is 0.161 e. The van der Waals surface area contributed by atoms with Crippen molar-refractivity contribution < 1.29 is 9.13 Å². The first-order valence-corrected chi connectivity index (χ1v) is 7.44. The second-order valence-corrected chi connectivity index (χ2v) is 5.95. The average molecular weight is 457 g/mol. The van der Waals surface area contributed by atoms with Gasteiger partial charge < -0.3 is 4.74 Å². The van der Waals surface area contributed by atoms with Crippen LogP contribution in [0.5, 0.6) is 0 Å². The van der Waals surface area contributed by atoms with Gasteiger partial charge in [-0.1, -0.05) is 11.6 Å². The summed E-state index contributed by atoms with van der Waals surface area (Å²) < 4.78 is 19.4. The summed E-state index contributed by atoms with van der Waals surface area (Å²) in [6.45, 7) is 0.343. The van der Waals surface area contributed by atoms with Crippen molar-refractivity contribution >= 4 is 50.1 Å². The Labute approximate surface area is 136 Å². The number of hydrogen-bond donors (Lipinski definition) is 0. The molecule has 2 aromatic rings. The van der Waals surface area contributed by atoms with Gasteiger partial charge in [-0.3, -0.25) is 0 Å². The topological polar surface area (TPSA) is 35.0 Å². The molecule has 0 aliphatic carbocycles. The van der Waals surface area contributed by atoms with Gasteiger partial charge in [0.1, 0.15) is 11.0 Å². The van der Waals surface area contributed by atoms with Crippen LogP contribution in [0.3, 0.4) is 0 Å². The molecule has 1 aromatic heterocycles. The summed E-state index contributed by atoms with van der Waals surface area (Å²) in [6, 6.07) is 4.57. The number of aromatic nitrogens is 2. The highest BCUT2D eigenvalue weighted by Crippen LogP contribution is 2.27. The first-order chi connectivity index (χ1) is 9.02. The number of rotatable bonds is 3. The maximum absolute atomic E-state index is 13.2. The van der Waals surface area contributed by atoms with E-state index in [4.69, 9.17) is 16.3 Å². The third kappa shape index (κ3) is 3.42. The number of hydrogen-bond acceptors (Lipinski definition) is 3. The van der Waals surface area contributed by atoms with Gasteiger partial charge in [0, 0.05) is 12.7 Å². The highest BCUT2D eigenvalue weighted by molar-refractivity contribution is 14.1. The Bertz CT molecular complexity index is 627. The van der Waals surface area contributed by atoms with E-state index in [2.05, 4.69) is 48.5 Å². The summed E-state index contributed by atoms with van der Waals surface area (Å²) in [5, 5.41) is 0.359. The van der Waals surface area contributed by atoms with Crippen molar-refractivity contribution in [3.63, 3.8) is 0 Å². The van der Waals surface area contributed by atoms with Crippen LogP contribution in [-0.2, 0) is 11.3 Å². The maximum atomic E-state index is 13.2. The van der Waals surface area contributed by atoms with Gasteiger partial charge in [0.15, 0.2) is 5.82 Å². The van der Waals surface area contributed by atoms with Gasteiger partial charge in [0.05, 0.1) is 20.3 Å². The second-order valence-electron chi connectivity index (χ2n) is 3.66. The summed E-state index contributed by atoms with van der Waals surface area (Å²) in [6.07, 6.45) is 0. The standard InChI is InChI=1S/C12H8BrClFIN2O/c1-19-5-9-10(16)11(14)18-12(17-9)6-2-3-8(15)7(13)4-6/h2-4H,5H2,1H3. The predicted molar refractivity (Wildman–Crippen MR) is 83.6 cm³/mol. The van der Waals surface area contributed by atoms with E-state index in [0.29, 0.717) is 33.3 Å². The van der Waals surface area contributed by atoms with Crippen molar-refractivity contribution in [1.82, 2.24) is 9.97 Å².